The molecule has 1 amide bonds. The lowest BCUT2D eigenvalue weighted by Crippen LogP contribution is -2.42. The number of halogens is 4. The third-order valence-corrected chi connectivity index (χ3v) is 6.12. The molecule has 174 valence electrons. The molecule has 1 unspecified atom stereocenters. The van der Waals surface area contributed by atoms with E-state index in [0.717, 1.165) is 17.8 Å². The summed E-state index contributed by atoms with van der Waals surface area (Å²) in [5.41, 5.74) is 0.0940. The molecule has 33 heavy (non-hydrogen) atoms. The first-order valence-corrected chi connectivity index (χ1v) is 10.9. The van der Waals surface area contributed by atoms with Crippen LogP contribution in [0.25, 0.3) is 0 Å². The maximum atomic E-state index is 13.1. The Bertz CT molecular complexity index is 1090. The molecule has 1 atom stereocenters. The second-order valence-electron chi connectivity index (χ2n) is 8.05. The van der Waals surface area contributed by atoms with Gasteiger partial charge >= 0.3 is 6.18 Å². The van der Waals surface area contributed by atoms with Crippen molar-refractivity contribution in [2.75, 3.05) is 18.0 Å². The van der Waals surface area contributed by atoms with Crippen molar-refractivity contribution in [3.63, 3.8) is 0 Å². The molecule has 0 spiro atoms. The molecule has 6 nitrogen and oxygen atoms in total. The van der Waals surface area contributed by atoms with Crippen LogP contribution in [0.2, 0.25) is 5.02 Å². The van der Waals surface area contributed by atoms with E-state index in [1.165, 1.54) is 6.07 Å². The third-order valence-electron chi connectivity index (χ3n) is 5.87. The number of imidazole rings is 1. The SMILES string of the molecule is Cn1ccnc1C(NC(=O)C1CCN(c2ccc(C(F)(F)F)cn2)CC1)c1ccc(Cl)cc1. The predicted octanol–water partition coefficient (Wildman–Crippen LogP) is 4.61. The molecule has 1 fully saturated rings. The summed E-state index contributed by atoms with van der Waals surface area (Å²) < 4.78 is 40.2. The zero-order valence-corrected chi connectivity index (χ0v) is 18.6. The zero-order chi connectivity index (χ0) is 23.6. The molecule has 0 radical (unpaired) electrons. The fourth-order valence-electron chi connectivity index (χ4n) is 3.98. The first-order valence-electron chi connectivity index (χ1n) is 10.5. The number of anilines is 1. The number of nitrogens with zero attached hydrogens (tertiary/aromatic N) is 4. The van der Waals surface area contributed by atoms with Crippen LogP contribution in [-0.4, -0.2) is 33.5 Å². The Labute approximate surface area is 194 Å². The highest BCUT2D eigenvalue weighted by molar-refractivity contribution is 6.30. The van der Waals surface area contributed by atoms with Crippen molar-refractivity contribution in [3.8, 4) is 0 Å². The van der Waals surface area contributed by atoms with E-state index in [2.05, 4.69) is 15.3 Å². The van der Waals surface area contributed by atoms with Gasteiger partial charge in [-0.1, -0.05) is 23.7 Å². The van der Waals surface area contributed by atoms with E-state index >= 15 is 0 Å². The second-order valence-corrected chi connectivity index (χ2v) is 8.49. The number of piperidine rings is 1. The standard InChI is InChI=1S/C23H23ClF3N5O/c1-31-13-10-28-21(31)20(15-2-5-18(24)6-3-15)30-22(33)16-8-11-32(12-9-16)19-7-4-17(14-29-19)23(25,26)27/h2-7,10,13-14,16,20H,8-9,11-12H2,1H3,(H,30,33). The number of benzene rings is 1. The van der Waals surface area contributed by atoms with E-state index in [9.17, 15) is 18.0 Å². The highest BCUT2D eigenvalue weighted by atomic mass is 35.5. The number of pyridine rings is 1. The van der Waals surface area contributed by atoms with Gasteiger partial charge in [-0.05, 0) is 42.7 Å². The fourth-order valence-corrected chi connectivity index (χ4v) is 4.11. The Kier molecular flexibility index (Phi) is 6.60. The summed E-state index contributed by atoms with van der Waals surface area (Å²) in [5, 5.41) is 3.72. The molecule has 0 bridgehead atoms. The summed E-state index contributed by atoms with van der Waals surface area (Å²) in [7, 11) is 1.87. The van der Waals surface area contributed by atoms with Gasteiger partial charge in [-0.3, -0.25) is 4.79 Å². The van der Waals surface area contributed by atoms with Gasteiger partial charge in [0.05, 0.1) is 5.56 Å². The van der Waals surface area contributed by atoms with Crippen LogP contribution in [0.4, 0.5) is 19.0 Å². The number of carbonyl (C=O) groups excluding carboxylic acids is 1. The maximum absolute atomic E-state index is 13.1. The molecular formula is C23H23ClF3N5O. The lowest BCUT2D eigenvalue weighted by molar-refractivity contribution is -0.137. The molecule has 0 aliphatic carbocycles. The monoisotopic (exact) mass is 477 g/mol. The molecule has 1 aliphatic rings. The Morgan fingerprint density at radius 2 is 1.82 bits per heavy atom. The third kappa shape index (κ3) is 5.30. The molecule has 0 saturated carbocycles. The average molecular weight is 478 g/mol. The summed E-state index contributed by atoms with van der Waals surface area (Å²) in [5.74, 6) is 0.884. The molecule has 1 N–H and O–H groups in total. The number of amides is 1. The van der Waals surface area contributed by atoms with Crippen LogP contribution in [0.1, 0.15) is 35.8 Å². The number of aryl methyl sites for hydroxylation is 1. The first kappa shape index (κ1) is 23.1. The largest absolute Gasteiger partial charge is 0.417 e. The summed E-state index contributed by atoms with van der Waals surface area (Å²) in [4.78, 5) is 23.4. The Balaban J connectivity index is 1.42. The van der Waals surface area contributed by atoms with Crippen molar-refractivity contribution in [3.05, 3.63) is 77.0 Å². The van der Waals surface area contributed by atoms with Gasteiger partial charge in [0, 0.05) is 49.7 Å². The maximum Gasteiger partial charge on any atom is 0.417 e. The van der Waals surface area contributed by atoms with Crippen molar-refractivity contribution in [2.45, 2.75) is 25.1 Å². The summed E-state index contributed by atoms with van der Waals surface area (Å²) in [6.07, 6.45) is 1.08. The van der Waals surface area contributed by atoms with Gasteiger partial charge in [-0.2, -0.15) is 13.2 Å². The van der Waals surface area contributed by atoms with Crippen LogP contribution < -0.4 is 10.2 Å². The van der Waals surface area contributed by atoms with Crippen LogP contribution in [0.3, 0.4) is 0 Å². The molecule has 10 heteroatoms. The topological polar surface area (TPSA) is 63.1 Å². The van der Waals surface area contributed by atoms with E-state index in [4.69, 9.17) is 11.6 Å². The molecule has 1 aromatic carbocycles. The van der Waals surface area contributed by atoms with Crippen molar-refractivity contribution < 1.29 is 18.0 Å². The van der Waals surface area contributed by atoms with E-state index in [1.807, 2.05) is 34.8 Å². The minimum Gasteiger partial charge on any atom is -0.357 e. The number of carbonyl (C=O) groups is 1. The number of alkyl halides is 3. The quantitative estimate of drug-likeness (QED) is 0.583. The van der Waals surface area contributed by atoms with Gasteiger partial charge in [0.25, 0.3) is 0 Å². The number of nitrogens with one attached hydrogen (secondary N) is 1. The Morgan fingerprint density at radius 3 is 2.36 bits per heavy atom. The van der Waals surface area contributed by atoms with Gasteiger partial charge in [0.15, 0.2) is 0 Å². The van der Waals surface area contributed by atoms with E-state index in [0.29, 0.717) is 42.6 Å². The molecule has 1 saturated heterocycles. The van der Waals surface area contributed by atoms with Gasteiger partial charge in [-0.25, -0.2) is 9.97 Å². The Hall–Kier alpha value is -3.07. The van der Waals surface area contributed by atoms with Crippen molar-refractivity contribution in [1.29, 1.82) is 0 Å². The van der Waals surface area contributed by atoms with E-state index in [-0.39, 0.29) is 11.8 Å². The lowest BCUT2D eigenvalue weighted by Gasteiger charge is -2.33. The van der Waals surface area contributed by atoms with Gasteiger partial charge in [0.2, 0.25) is 5.91 Å². The highest BCUT2D eigenvalue weighted by Crippen LogP contribution is 2.30. The Morgan fingerprint density at radius 1 is 1.12 bits per heavy atom. The minimum absolute atomic E-state index is 0.0852. The predicted molar refractivity (Wildman–Crippen MR) is 119 cm³/mol. The van der Waals surface area contributed by atoms with Gasteiger partial charge in [0.1, 0.15) is 17.7 Å². The molecule has 2 aromatic heterocycles. The zero-order valence-electron chi connectivity index (χ0n) is 17.9. The van der Waals surface area contributed by atoms with Crippen LogP contribution in [-0.2, 0) is 18.0 Å². The summed E-state index contributed by atoms with van der Waals surface area (Å²) in [6.45, 7) is 1.06. The van der Waals surface area contributed by atoms with Crippen molar-refractivity contribution in [2.24, 2.45) is 13.0 Å². The van der Waals surface area contributed by atoms with E-state index < -0.39 is 17.8 Å². The molecule has 3 heterocycles. The van der Waals surface area contributed by atoms with Crippen molar-refractivity contribution in [1.82, 2.24) is 19.9 Å². The second kappa shape index (κ2) is 9.43. The summed E-state index contributed by atoms with van der Waals surface area (Å²) >= 11 is 6.02. The normalized spacial score (nSPS) is 16.0. The van der Waals surface area contributed by atoms with E-state index in [1.54, 1.807) is 18.3 Å². The summed E-state index contributed by atoms with van der Waals surface area (Å²) in [6, 6.07) is 9.25. The first-order chi connectivity index (χ1) is 15.7. The smallest absolute Gasteiger partial charge is 0.357 e. The highest BCUT2D eigenvalue weighted by Gasteiger charge is 2.32. The molecule has 3 aromatic rings. The molecular weight excluding hydrogens is 455 g/mol. The minimum atomic E-state index is -4.41. The number of aromatic nitrogens is 3. The van der Waals surface area contributed by atoms with Gasteiger partial charge < -0.3 is 14.8 Å². The number of hydrogen-bond acceptors (Lipinski definition) is 4. The van der Waals surface area contributed by atoms with Crippen LogP contribution in [0, 0.1) is 5.92 Å². The average Bonchev–Trinajstić information content (AvgIpc) is 3.23. The lowest BCUT2D eigenvalue weighted by atomic mass is 9.94. The van der Waals surface area contributed by atoms with Crippen LogP contribution in [0.15, 0.2) is 55.0 Å². The van der Waals surface area contributed by atoms with Crippen LogP contribution in [0.5, 0.6) is 0 Å². The molecule has 1 aliphatic heterocycles. The van der Waals surface area contributed by atoms with Crippen LogP contribution >= 0.6 is 11.6 Å². The van der Waals surface area contributed by atoms with Gasteiger partial charge in [-0.15, -0.1) is 0 Å². The van der Waals surface area contributed by atoms with Crippen molar-refractivity contribution >= 4 is 23.3 Å². The number of hydrogen-bond donors (Lipinski definition) is 1. The molecule has 4 rings (SSSR count). The fraction of sp³-hybridized carbons (Fsp3) is 0.348. The number of rotatable bonds is 5.